The fourth-order valence-electron chi connectivity index (χ4n) is 3.32. The summed E-state index contributed by atoms with van der Waals surface area (Å²) in [4.78, 5) is 5.05. The van der Waals surface area contributed by atoms with Gasteiger partial charge in [-0.3, -0.25) is 0 Å². The number of fused-ring (bicyclic) bond motifs is 2. The van der Waals surface area contributed by atoms with Crippen molar-refractivity contribution < 1.29 is 0 Å². The molecule has 25 heavy (non-hydrogen) atoms. The van der Waals surface area contributed by atoms with E-state index >= 15 is 0 Å². The van der Waals surface area contributed by atoms with Gasteiger partial charge in [0.2, 0.25) is 0 Å². The van der Waals surface area contributed by atoms with E-state index in [0.29, 0.717) is 5.25 Å². The van der Waals surface area contributed by atoms with Gasteiger partial charge in [-0.25, -0.2) is 4.31 Å². The van der Waals surface area contributed by atoms with Gasteiger partial charge in [0.05, 0.1) is 11.4 Å². The quantitative estimate of drug-likeness (QED) is 0.633. The van der Waals surface area contributed by atoms with Gasteiger partial charge in [0, 0.05) is 34.7 Å². The number of rotatable bonds is 3. The Morgan fingerprint density at radius 1 is 1.00 bits per heavy atom. The second kappa shape index (κ2) is 7.62. The van der Waals surface area contributed by atoms with Crippen molar-refractivity contribution in [2.24, 2.45) is 0 Å². The summed E-state index contributed by atoms with van der Waals surface area (Å²) in [5.74, 6) is 0. The van der Waals surface area contributed by atoms with Gasteiger partial charge in [-0.2, -0.15) is 0 Å². The topological polar surface area (TPSA) is 18.5 Å². The lowest BCUT2D eigenvalue weighted by Gasteiger charge is -2.25. The molecule has 5 heteroatoms. The minimum absolute atomic E-state index is 0.470. The van der Waals surface area contributed by atoms with Crippen molar-refractivity contribution in [2.45, 2.75) is 28.4 Å². The van der Waals surface area contributed by atoms with Gasteiger partial charge in [0.15, 0.2) is 0 Å². The van der Waals surface area contributed by atoms with Crippen LogP contribution in [0.4, 0.5) is 11.4 Å². The molecule has 132 valence electrons. The summed E-state index contributed by atoms with van der Waals surface area (Å²) in [6.45, 7) is 7.04. The highest BCUT2D eigenvalue weighted by molar-refractivity contribution is 7.99. The Kier molecular flexibility index (Phi) is 5.27. The second-order valence-electron chi connectivity index (χ2n) is 6.81. The number of para-hydroxylation sites is 1. The van der Waals surface area contributed by atoms with Crippen LogP contribution in [0.3, 0.4) is 0 Å². The van der Waals surface area contributed by atoms with Crippen molar-refractivity contribution in [2.75, 3.05) is 38.5 Å². The standard InChI is InChI=1S/C20H25N3S2/c1-15(25-23-11-5-10-22(2)12-13-23)16-8-9-20-18(14-16)21-17-6-3-4-7-19(17)24-20/h3-4,6-9,14-15,21H,5,10-13H2,1-2H3. The third kappa shape index (κ3) is 4.00. The van der Waals surface area contributed by atoms with E-state index in [1.165, 1.54) is 52.8 Å². The monoisotopic (exact) mass is 371 g/mol. The number of hydrogen-bond acceptors (Lipinski definition) is 5. The fourth-order valence-corrected chi connectivity index (χ4v) is 5.43. The molecule has 0 spiro atoms. The summed E-state index contributed by atoms with van der Waals surface area (Å²) in [7, 11) is 2.22. The lowest BCUT2D eigenvalue weighted by molar-refractivity contribution is 0.351. The van der Waals surface area contributed by atoms with Crippen LogP contribution in [-0.4, -0.2) is 42.4 Å². The van der Waals surface area contributed by atoms with Crippen molar-refractivity contribution >= 4 is 35.1 Å². The second-order valence-corrected chi connectivity index (χ2v) is 9.33. The number of benzene rings is 2. The largest absolute Gasteiger partial charge is 0.354 e. The Hall–Kier alpha value is -1.14. The zero-order valence-corrected chi connectivity index (χ0v) is 16.5. The predicted octanol–water partition coefficient (Wildman–Crippen LogP) is 5.24. The molecule has 2 aromatic rings. The van der Waals surface area contributed by atoms with Crippen molar-refractivity contribution in [3.63, 3.8) is 0 Å². The van der Waals surface area contributed by atoms with Gasteiger partial charge < -0.3 is 10.2 Å². The first-order chi connectivity index (χ1) is 12.2. The Morgan fingerprint density at radius 2 is 1.84 bits per heavy atom. The summed E-state index contributed by atoms with van der Waals surface area (Å²) in [6, 6.07) is 15.4. The summed E-state index contributed by atoms with van der Waals surface area (Å²) < 4.78 is 2.55. The molecule has 1 unspecified atom stereocenters. The molecule has 0 aliphatic carbocycles. The molecular formula is C20H25N3S2. The Balaban J connectivity index is 1.47. The summed E-state index contributed by atoms with van der Waals surface area (Å²) in [5.41, 5.74) is 3.85. The van der Waals surface area contributed by atoms with Gasteiger partial charge in [0.1, 0.15) is 0 Å². The van der Waals surface area contributed by atoms with Gasteiger partial charge >= 0.3 is 0 Å². The molecule has 0 saturated carbocycles. The maximum atomic E-state index is 3.60. The molecule has 0 radical (unpaired) electrons. The molecule has 2 aromatic carbocycles. The van der Waals surface area contributed by atoms with Gasteiger partial charge in [-0.1, -0.05) is 41.9 Å². The number of nitrogens with one attached hydrogen (secondary N) is 1. The lowest BCUT2D eigenvalue weighted by Crippen LogP contribution is -2.24. The SMILES string of the molecule is CC(SN1CCCN(C)CC1)c1ccc2c(c1)Nc1ccccc1S2. The van der Waals surface area contributed by atoms with Gasteiger partial charge in [-0.05, 0) is 56.8 Å². The molecule has 1 N–H and O–H groups in total. The highest BCUT2D eigenvalue weighted by atomic mass is 32.2. The van der Waals surface area contributed by atoms with Crippen molar-refractivity contribution in [3.8, 4) is 0 Å². The third-order valence-corrected chi connectivity index (χ3v) is 7.24. The Bertz CT molecular complexity index is 749. The van der Waals surface area contributed by atoms with Gasteiger partial charge in [0.25, 0.3) is 0 Å². The minimum Gasteiger partial charge on any atom is -0.354 e. The van der Waals surface area contributed by atoms with E-state index in [1.54, 1.807) is 0 Å². The zero-order chi connectivity index (χ0) is 17.2. The maximum Gasteiger partial charge on any atom is 0.0529 e. The van der Waals surface area contributed by atoms with Crippen LogP contribution < -0.4 is 5.32 Å². The molecular weight excluding hydrogens is 346 g/mol. The summed E-state index contributed by atoms with van der Waals surface area (Å²) in [6.07, 6.45) is 1.26. The molecule has 0 bridgehead atoms. The highest BCUT2D eigenvalue weighted by Gasteiger charge is 2.19. The smallest absolute Gasteiger partial charge is 0.0529 e. The molecule has 0 amide bonds. The first kappa shape index (κ1) is 17.3. The average Bonchev–Trinajstić information content (AvgIpc) is 2.83. The van der Waals surface area contributed by atoms with Crippen molar-refractivity contribution in [3.05, 3.63) is 48.0 Å². The van der Waals surface area contributed by atoms with Crippen LogP contribution >= 0.6 is 23.7 Å². The van der Waals surface area contributed by atoms with E-state index in [1.807, 2.05) is 23.7 Å². The van der Waals surface area contributed by atoms with Crippen LogP contribution in [0.2, 0.25) is 0 Å². The molecule has 1 fully saturated rings. The number of hydrogen-bond donors (Lipinski definition) is 1. The van der Waals surface area contributed by atoms with E-state index < -0.39 is 0 Å². The third-order valence-electron chi connectivity index (χ3n) is 4.84. The molecule has 3 nitrogen and oxygen atoms in total. The van der Waals surface area contributed by atoms with E-state index in [4.69, 9.17) is 0 Å². The van der Waals surface area contributed by atoms with Crippen LogP contribution in [0.15, 0.2) is 52.3 Å². The van der Waals surface area contributed by atoms with Crippen LogP contribution in [0.5, 0.6) is 0 Å². The van der Waals surface area contributed by atoms with Crippen LogP contribution in [0.25, 0.3) is 0 Å². The first-order valence-electron chi connectivity index (χ1n) is 8.97. The Morgan fingerprint density at radius 3 is 2.76 bits per heavy atom. The molecule has 2 aliphatic heterocycles. The normalized spacial score (nSPS) is 19.4. The fraction of sp³-hybridized carbons (Fsp3) is 0.400. The molecule has 1 atom stereocenters. The Labute approximate surface area is 159 Å². The molecule has 2 heterocycles. The van der Waals surface area contributed by atoms with Gasteiger partial charge in [-0.15, -0.1) is 0 Å². The average molecular weight is 372 g/mol. The lowest BCUT2D eigenvalue weighted by atomic mass is 10.1. The summed E-state index contributed by atoms with van der Waals surface area (Å²) in [5, 5.41) is 4.07. The van der Waals surface area contributed by atoms with E-state index in [9.17, 15) is 0 Å². The van der Waals surface area contributed by atoms with Crippen LogP contribution in [-0.2, 0) is 0 Å². The van der Waals surface area contributed by atoms with Crippen molar-refractivity contribution in [1.82, 2.24) is 9.21 Å². The molecule has 1 saturated heterocycles. The highest BCUT2D eigenvalue weighted by Crippen LogP contribution is 2.45. The van der Waals surface area contributed by atoms with Crippen LogP contribution in [0, 0.1) is 0 Å². The summed E-state index contributed by atoms with van der Waals surface area (Å²) >= 11 is 3.85. The van der Waals surface area contributed by atoms with E-state index in [2.05, 4.69) is 71.0 Å². The van der Waals surface area contributed by atoms with Crippen LogP contribution in [0.1, 0.15) is 24.2 Å². The molecule has 0 aromatic heterocycles. The first-order valence-corrected chi connectivity index (χ1v) is 10.6. The van der Waals surface area contributed by atoms with E-state index in [-0.39, 0.29) is 0 Å². The van der Waals surface area contributed by atoms with E-state index in [0.717, 1.165) is 6.54 Å². The maximum absolute atomic E-state index is 3.60. The predicted molar refractivity (Wildman–Crippen MR) is 110 cm³/mol. The molecule has 4 rings (SSSR count). The number of nitrogens with zero attached hydrogens (tertiary/aromatic N) is 2. The molecule has 2 aliphatic rings. The van der Waals surface area contributed by atoms with Crippen molar-refractivity contribution in [1.29, 1.82) is 0 Å². The number of anilines is 2. The minimum atomic E-state index is 0.470. The zero-order valence-electron chi connectivity index (χ0n) is 14.9. The number of likely N-dealkylation sites (N-methyl/N-ethyl adjacent to an activating group) is 1.